The zero-order valence-corrected chi connectivity index (χ0v) is 18.3. The molecule has 0 bridgehead atoms. The van der Waals surface area contributed by atoms with E-state index in [-0.39, 0.29) is 11.9 Å². The maximum atomic E-state index is 12.3. The SMILES string of the molecule is CCC(=O)N1CCOc2c(C(C)n3nc(C)c4c(N)ncnc43)cc(Cl)c(C)c2C1. The Hall–Kier alpha value is -2.87. The fourth-order valence-electron chi connectivity index (χ4n) is 4.01. The average Bonchev–Trinajstić information content (AvgIpc) is 2.93. The Balaban J connectivity index is 1.86. The summed E-state index contributed by atoms with van der Waals surface area (Å²) in [5.41, 5.74) is 10.2. The number of aromatic nitrogens is 4. The summed E-state index contributed by atoms with van der Waals surface area (Å²) in [6.07, 6.45) is 1.90. The Labute approximate surface area is 180 Å². The van der Waals surface area contributed by atoms with Crippen molar-refractivity contribution >= 4 is 34.4 Å². The highest BCUT2D eigenvalue weighted by molar-refractivity contribution is 6.31. The summed E-state index contributed by atoms with van der Waals surface area (Å²) in [4.78, 5) is 22.7. The molecule has 30 heavy (non-hydrogen) atoms. The molecule has 0 radical (unpaired) electrons. The highest BCUT2D eigenvalue weighted by atomic mass is 35.5. The van der Waals surface area contributed by atoms with Crippen LogP contribution in [0.25, 0.3) is 11.0 Å². The number of ether oxygens (including phenoxy) is 1. The number of rotatable bonds is 3. The molecule has 1 atom stereocenters. The maximum absolute atomic E-state index is 12.3. The van der Waals surface area contributed by atoms with Crippen molar-refractivity contribution in [2.45, 2.75) is 46.7 Å². The zero-order chi connectivity index (χ0) is 21.6. The highest BCUT2D eigenvalue weighted by Crippen LogP contribution is 2.40. The second-order valence-electron chi connectivity index (χ2n) is 7.56. The van der Waals surface area contributed by atoms with Gasteiger partial charge in [0.15, 0.2) is 5.65 Å². The van der Waals surface area contributed by atoms with Crippen LogP contribution in [0.5, 0.6) is 5.75 Å². The largest absolute Gasteiger partial charge is 0.491 e. The number of nitrogens with zero attached hydrogens (tertiary/aromatic N) is 5. The lowest BCUT2D eigenvalue weighted by atomic mass is 9.98. The van der Waals surface area contributed by atoms with E-state index in [1.54, 1.807) is 0 Å². The molecule has 9 heteroatoms. The number of anilines is 1. The number of aryl methyl sites for hydroxylation is 1. The molecule has 1 aliphatic rings. The van der Waals surface area contributed by atoms with E-state index >= 15 is 0 Å². The van der Waals surface area contributed by atoms with Crippen LogP contribution in [0.1, 0.15) is 48.7 Å². The van der Waals surface area contributed by atoms with Gasteiger partial charge in [-0.1, -0.05) is 18.5 Å². The third kappa shape index (κ3) is 3.25. The van der Waals surface area contributed by atoms with Gasteiger partial charge in [-0.05, 0) is 32.4 Å². The van der Waals surface area contributed by atoms with Crippen molar-refractivity contribution in [2.75, 3.05) is 18.9 Å². The van der Waals surface area contributed by atoms with Crippen molar-refractivity contribution in [3.63, 3.8) is 0 Å². The van der Waals surface area contributed by atoms with E-state index in [9.17, 15) is 4.79 Å². The molecule has 1 aliphatic heterocycles. The fourth-order valence-corrected chi connectivity index (χ4v) is 4.24. The quantitative estimate of drug-likeness (QED) is 0.686. The van der Waals surface area contributed by atoms with Crippen LogP contribution in [0, 0.1) is 13.8 Å². The third-order valence-electron chi connectivity index (χ3n) is 5.75. The molecule has 0 aliphatic carbocycles. The van der Waals surface area contributed by atoms with Crippen LogP contribution < -0.4 is 10.5 Å². The lowest BCUT2D eigenvalue weighted by Crippen LogP contribution is -2.31. The second kappa shape index (κ2) is 7.75. The zero-order valence-electron chi connectivity index (χ0n) is 17.6. The van der Waals surface area contributed by atoms with Gasteiger partial charge in [0.05, 0.1) is 23.7 Å². The average molecular weight is 429 g/mol. The summed E-state index contributed by atoms with van der Waals surface area (Å²) < 4.78 is 8.00. The van der Waals surface area contributed by atoms with E-state index in [2.05, 4.69) is 15.1 Å². The van der Waals surface area contributed by atoms with E-state index in [1.165, 1.54) is 6.33 Å². The fraction of sp³-hybridized carbons (Fsp3) is 0.429. The highest BCUT2D eigenvalue weighted by Gasteiger charge is 2.28. The molecule has 0 fully saturated rings. The molecule has 1 amide bonds. The number of amides is 1. The summed E-state index contributed by atoms with van der Waals surface area (Å²) in [5, 5.41) is 6.06. The molecule has 2 N–H and O–H groups in total. The van der Waals surface area contributed by atoms with Crippen LogP contribution in [-0.2, 0) is 11.3 Å². The summed E-state index contributed by atoms with van der Waals surface area (Å²) in [7, 11) is 0. The minimum absolute atomic E-state index is 0.0984. The van der Waals surface area contributed by atoms with Crippen LogP contribution in [0.3, 0.4) is 0 Å². The Bertz CT molecular complexity index is 1140. The Morgan fingerprint density at radius 1 is 1.37 bits per heavy atom. The van der Waals surface area contributed by atoms with E-state index in [1.807, 2.05) is 43.3 Å². The molecule has 2 aromatic heterocycles. The van der Waals surface area contributed by atoms with Gasteiger partial charge >= 0.3 is 0 Å². The molecule has 3 heterocycles. The molecular weight excluding hydrogens is 404 g/mol. The molecular formula is C21H25ClN6O2. The Morgan fingerprint density at radius 3 is 2.87 bits per heavy atom. The molecule has 0 saturated carbocycles. The van der Waals surface area contributed by atoms with Crippen molar-refractivity contribution in [3.8, 4) is 5.75 Å². The van der Waals surface area contributed by atoms with Crippen LogP contribution in [0.4, 0.5) is 5.82 Å². The molecule has 1 unspecified atom stereocenters. The number of hydrogen-bond donors (Lipinski definition) is 1. The predicted molar refractivity (Wildman–Crippen MR) is 116 cm³/mol. The van der Waals surface area contributed by atoms with Gasteiger partial charge in [0.2, 0.25) is 5.91 Å². The summed E-state index contributed by atoms with van der Waals surface area (Å²) in [6.45, 7) is 9.18. The number of hydrogen-bond acceptors (Lipinski definition) is 6. The summed E-state index contributed by atoms with van der Waals surface area (Å²) in [6, 6.07) is 1.71. The molecule has 4 rings (SSSR count). The standard InChI is InChI=1S/C21H25ClN6O2/c1-5-17(29)27-6-7-30-19-14(8-16(22)11(2)15(19)9-27)13(4)28-21-18(12(3)26-28)20(23)24-10-25-21/h8,10,13H,5-7,9H2,1-4H3,(H2,23,24,25). The molecule has 1 aromatic carbocycles. The van der Waals surface area contributed by atoms with Gasteiger partial charge in [-0.2, -0.15) is 5.10 Å². The van der Waals surface area contributed by atoms with Crippen molar-refractivity contribution in [1.82, 2.24) is 24.6 Å². The minimum Gasteiger partial charge on any atom is -0.491 e. The van der Waals surface area contributed by atoms with Gasteiger partial charge in [0, 0.05) is 29.1 Å². The number of carbonyl (C=O) groups is 1. The van der Waals surface area contributed by atoms with E-state index in [4.69, 9.17) is 22.1 Å². The lowest BCUT2D eigenvalue weighted by molar-refractivity contribution is -0.131. The molecule has 158 valence electrons. The van der Waals surface area contributed by atoms with Crippen molar-refractivity contribution in [1.29, 1.82) is 0 Å². The van der Waals surface area contributed by atoms with Gasteiger partial charge in [0.1, 0.15) is 24.5 Å². The van der Waals surface area contributed by atoms with Gasteiger partial charge < -0.3 is 15.4 Å². The molecule has 8 nitrogen and oxygen atoms in total. The first-order chi connectivity index (χ1) is 14.3. The maximum Gasteiger partial charge on any atom is 0.222 e. The van der Waals surface area contributed by atoms with Gasteiger partial charge in [0.25, 0.3) is 0 Å². The third-order valence-corrected chi connectivity index (χ3v) is 6.14. The first-order valence-corrected chi connectivity index (χ1v) is 10.4. The number of halogens is 1. The Morgan fingerprint density at radius 2 is 2.13 bits per heavy atom. The number of nitrogens with two attached hydrogens (primary N) is 1. The lowest BCUT2D eigenvalue weighted by Gasteiger charge is -2.23. The molecule has 0 spiro atoms. The summed E-state index contributed by atoms with van der Waals surface area (Å²) in [5.74, 6) is 1.27. The van der Waals surface area contributed by atoms with Crippen LogP contribution in [0.15, 0.2) is 12.4 Å². The first-order valence-electron chi connectivity index (χ1n) is 10.0. The van der Waals surface area contributed by atoms with Crippen LogP contribution in [0.2, 0.25) is 5.02 Å². The first kappa shape index (κ1) is 20.4. The van der Waals surface area contributed by atoms with Crippen molar-refractivity contribution < 1.29 is 9.53 Å². The number of carbonyl (C=O) groups excluding carboxylic acids is 1. The van der Waals surface area contributed by atoms with E-state index in [0.717, 1.165) is 33.5 Å². The van der Waals surface area contributed by atoms with Crippen LogP contribution in [-0.4, -0.2) is 43.7 Å². The molecule has 3 aromatic rings. The van der Waals surface area contributed by atoms with E-state index in [0.29, 0.717) is 42.6 Å². The normalized spacial score (nSPS) is 14.9. The van der Waals surface area contributed by atoms with Crippen molar-refractivity contribution in [3.05, 3.63) is 39.8 Å². The Kier molecular flexibility index (Phi) is 5.27. The monoisotopic (exact) mass is 428 g/mol. The van der Waals surface area contributed by atoms with Crippen LogP contribution >= 0.6 is 11.6 Å². The summed E-state index contributed by atoms with van der Waals surface area (Å²) >= 11 is 6.61. The van der Waals surface area contributed by atoms with E-state index < -0.39 is 0 Å². The minimum atomic E-state index is -0.212. The number of nitrogen functional groups attached to an aromatic ring is 1. The predicted octanol–water partition coefficient (Wildman–Crippen LogP) is 3.42. The number of fused-ring (bicyclic) bond motifs is 2. The van der Waals surface area contributed by atoms with Gasteiger partial charge in [-0.3, -0.25) is 4.79 Å². The van der Waals surface area contributed by atoms with Gasteiger partial charge in [-0.25, -0.2) is 14.6 Å². The van der Waals surface area contributed by atoms with Gasteiger partial charge in [-0.15, -0.1) is 0 Å². The van der Waals surface area contributed by atoms with Crippen molar-refractivity contribution in [2.24, 2.45) is 0 Å². The smallest absolute Gasteiger partial charge is 0.222 e. The topological polar surface area (TPSA) is 99.2 Å². The molecule has 0 saturated heterocycles. The second-order valence-corrected chi connectivity index (χ2v) is 7.97. The number of benzene rings is 1.